The number of para-hydroxylation sites is 2. The monoisotopic (exact) mass is 274 g/mol. The van der Waals surface area contributed by atoms with E-state index in [1.165, 1.54) is 69.3 Å². The number of unbranched alkanes of at least 4 members (excludes halogenated alkanes) is 7. The fraction of sp³-hybridized carbons (Fsp3) is 0.667. The van der Waals surface area contributed by atoms with Gasteiger partial charge < -0.3 is 9.80 Å². The third kappa shape index (κ3) is 4.16. The van der Waals surface area contributed by atoms with Crippen LogP contribution in [-0.4, -0.2) is 20.3 Å². The number of fused-ring (bicyclic) bond motifs is 1. The van der Waals surface area contributed by atoms with Crippen LogP contribution in [0.5, 0.6) is 0 Å². The van der Waals surface area contributed by atoms with E-state index >= 15 is 0 Å². The van der Waals surface area contributed by atoms with Crippen LogP contribution in [0.4, 0.5) is 11.4 Å². The Morgan fingerprint density at radius 2 is 1.45 bits per heavy atom. The van der Waals surface area contributed by atoms with Crippen LogP contribution in [0, 0.1) is 0 Å². The quantitative estimate of drug-likeness (QED) is 0.582. The number of rotatable bonds is 9. The summed E-state index contributed by atoms with van der Waals surface area (Å²) in [6, 6.07) is 8.76. The Labute approximate surface area is 124 Å². The minimum Gasteiger partial charge on any atom is -0.355 e. The lowest BCUT2D eigenvalue weighted by Crippen LogP contribution is -2.28. The highest BCUT2D eigenvalue weighted by atomic mass is 15.4. The zero-order chi connectivity index (χ0) is 14.2. The Bertz CT molecular complexity index is 389. The van der Waals surface area contributed by atoms with Gasteiger partial charge in [-0.3, -0.25) is 0 Å². The molecule has 2 nitrogen and oxygen atoms in total. The molecule has 0 bridgehead atoms. The second-order valence-corrected chi connectivity index (χ2v) is 6.07. The topological polar surface area (TPSA) is 6.48 Å². The van der Waals surface area contributed by atoms with Crippen molar-refractivity contribution in [1.29, 1.82) is 0 Å². The normalized spacial score (nSPS) is 13.9. The van der Waals surface area contributed by atoms with E-state index in [0.717, 1.165) is 6.67 Å². The van der Waals surface area contributed by atoms with Crippen LogP contribution >= 0.6 is 0 Å². The minimum absolute atomic E-state index is 1.05. The van der Waals surface area contributed by atoms with E-state index in [9.17, 15) is 0 Å². The predicted molar refractivity (Wildman–Crippen MR) is 89.7 cm³/mol. The first-order chi connectivity index (χ1) is 9.83. The van der Waals surface area contributed by atoms with Crippen LogP contribution in [0.15, 0.2) is 24.3 Å². The van der Waals surface area contributed by atoms with E-state index < -0.39 is 0 Å². The summed E-state index contributed by atoms with van der Waals surface area (Å²) < 4.78 is 0. The van der Waals surface area contributed by atoms with Gasteiger partial charge in [0.25, 0.3) is 0 Å². The molecule has 1 heterocycles. The third-order valence-corrected chi connectivity index (χ3v) is 4.30. The van der Waals surface area contributed by atoms with Gasteiger partial charge in [-0.1, -0.05) is 64.0 Å². The molecule has 2 heteroatoms. The maximum absolute atomic E-state index is 2.52. The molecule has 0 fully saturated rings. The second kappa shape index (κ2) is 8.18. The number of hydrogen-bond donors (Lipinski definition) is 0. The summed E-state index contributed by atoms with van der Waals surface area (Å²) in [4.78, 5) is 4.87. The van der Waals surface area contributed by atoms with Crippen LogP contribution in [0.1, 0.15) is 58.3 Å². The van der Waals surface area contributed by atoms with Gasteiger partial charge in [-0.15, -0.1) is 0 Å². The Hall–Kier alpha value is -1.18. The van der Waals surface area contributed by atoms with Crippen molar-refractivity contribution in [3.63, 3.8) is 0 Å². The van der Waals surface area contributed by atoms with E-state index in [0.29, 0.717) is 0 Å². The molecule has 0 spiro atoms. The van der Waals surface area contributed by atoms with Gasteiger partial charge in [0.05, 0.1) is 18.0 Å². The molecular formula is C18H30N2. The summed E-state index contributed by atoms with van der Waals surface area (Å²) >= 11 is 0. The highest BCUT2D eigenvalue weighted by molar-refractivity contribution is 5.75. The summed E-state index contributed by atoms with van der Waals surface area (Å²) in [5.74, 6) is 0. The lowest BCUT2D eigenvalue weighted by atomic mass is 10.1. The summed E-state index contributed by atoms with van der Waals surface area (Å²) in [6.45, 7) is 4.54. The molecule has 0 unspecified atom stereocenters. The Morgan fingerprint density at radius 1 is 0.850 bits per heavy atom. The summed E-state index contributed by atoms with van der Waals surface area (Å²) in [6.07, 6.45) is 11.2. The molecule has 0 amide bonds. The van der Waals surface area contributed by atoms with Crippen molar-refractivity contribution < 1.29 is 0 Å². The summed E-state index contributed by atoms with van der Waals surface area (Å²) in [7, 11) is 2.19. The molecule has 20 heavy (non-hydrogen) atoms. The Kier molecular flexibility index (Phi) is 6.23. The van der Waals surface area contributed by atoms with Crippen LogP contribution in [0.3, 0.4) is 0 Å². The van der Waals surface area contributed by atoms with Crippen LogP contribution in [0.25, 0.3) is 0 Å². The van der Waals surface area contributed by atoms with Gasteiger partial charge in [0, 0.05) is 13.6 Å². The zero-order valence-electron chi connectivity index (χ0n) is 13.3. The number of benzene rings is 1. The Balaban J connectivity index is 1.61. The smallest absolute Gasteiger partial charge is 0.0901 e. The highest BCUT2D eigenvalue weighted by Crippen LogP contribution is 2.34. The van der Waals surface area contributed by atoms with Gasteiger partial charge in [0.2, 0.25) is 0 Å². The van der Waals surface area contributed by atoms with Crippen molar-refractivity contribution in [2.45, 2.75) is 58.3 Å². The van der Waals surface area contributed by atoms with Crippen molar-refractivity contribution in [3.05, 3.63) is 24.3 Å². The van der Waals surface area contributed by atoms with Gasteiger partial charge >= 0.3 is 0 Å². The van der Waals surface area contributed by atoms with Crippen molar-refractivity contribution in [2.24, 2.45) is 0 Å². The molecule has 0 saturated heterocycles. The summed E-state index contributed by atoms with van der Waals surface area (Å²) in [5.41, 5.74) is 2.80. The predicted octanol–water partition coefficient (Wildman–Crippen LogP) is 5.04. The van der Waals surface area contributed by atoms with E-state index in [-0.39, 0.29) is 0 Å². The molecule has 1 aromatic carbocycles. The van der Waals surface area contributed by atoms with Gasteiger partial charge in [0.15, 0.2) is 0 Å². The second-order valence-electron chi connectivity index (χ2n) is 6.07. The molecule has 1 aromatic rings. The molecule has 2 rings (SSSR count). The number of anilines is 2. The number of hydrogen-bond acceptors (Lipinski definition) is 2. The highest BCUT2D eigenvalue weighted by Gasteiger charge is 2.21. The molecule has 0 radical (unpaired) electrons. The molecule has 112 valence electrons. The molecule has 0 saturated carbocycles. The van der Waals surface area contributed by atoms with Crippen LogP contribution in [0.2, 0.25) is 0 Å². The molecule has 0 aromatic heterocycles. The van der Waals surface area contributed by atoms with Gasteiger partial charge in [-0.2, -0.15) is 0 Å². The molecule has 1 aliphatic heterocycles. The molecule has 0 atom stereocenters. The zero-order valence-corrected chi connectivity index (χ0v) is 13.3. The van der Waals surface area contributed by atoms with Crippen molar-refractivity contribution in [2.75, 3.05) is 30.1 Å². The maximum Gasteiger partial charge on any atom is 0.0901 e. The first-order valence-electron chi connectivity index (χ1n) is 8.38. The fourth-order valence-corrected chi connectivity index (χ4v) is 3.09. The molecule has 0 aliphatic carbocycles. The number of nitrogens with zero attached hydrogens (tertiary/aromatic N) is 2. The standard InChI is InChI=1S/C18H30N2/c1-3-4-5-6-7-8-9-12-15-20-16-19(2)17-13-10-11-14-18(17)20/h10-11,13-14H,3-9,12,15-16H2,1-2H3. The average molecular weight is 274 g/mol. The van der Waals surface area contributed by atoms with E-state index in [1.54, 1.807) is 0 Å². The van der Waals surface area contributed by atoms with Gasteiger partial charge in [0.1, 0.15) is 0 Å². The summed E-state index contributed by atoms with van der Waals surface area (Å²) in [5, 5.41) is 0. The minimum atomic E-state index is 1.05. The molecule has 1 aliphatic rings. The molecular weight excluding hydrogens is 244 g/mol. The largest absolute Gasteiger partial charge is 0.355 e. The third-order valence-electron chi connectivity index (χ3n) is 4.30. The van der Waals surface area contributed by atoms with E-state index in [1.807, 2.05) is 0 Å². The molecule has 0 N–H and O–H groups in total. The van der Waals surface area contributed by atoms with Crippen LogP contribution < -0.4 is 9.80 Å². The maximum atomic E-state index is 2.52. The van der Waals surface area contributed by atoms with Crippen molar-refractivity contribution >= 4 is 11.4 Å². The lowest BCUT2D eigenvalue weighted by molar-refractivity contribution is 0.572. The van der Waals surface area contributed by atoms with Gasteiger partial charge in [-0.05, 0) is 18.6 Å². The van der Waals surface area contributed by atoms with Crippen molar-refractivity contribution in [3.8, 4) is 0 Å². The van der Waals surface area contributed by atoms with E-state index in [4.69, 9.17) is 0 Å². The SMILES string of the molecule is CCCCCCCCCCN1CN(C)c2ccccc21. The fourth-order valence-electron chi connectivity index (χ4n) is 3.09. The Morgan fingerprint density at radius 3 is 2.15 bits per heavy atom. The average Bonchev–Trinajstić information content (AvgIpc) is 2.79. The first-order valence-corrected chi connectivity index (χ1v) is 8.38. The van der Waals surface area contributed by atoms with Gasteiger partial charge in [-0.25, -0.2) is 0 Å². The van der Waals surface area contributed by atoms with E-state index in [2.05, 4.69) is 48.0 Å². The first kappa shape index (κ1) is 15.2. The van der Waals surface area contributed by atoms with Crippen LogP contribution in [-0.2, 0) is 0 Å². The lowest BCUT2D eigenvalue weighted by Gasteiger charge is -2.19. The van der Waals surface area contributed by atoms with Crippen molar-refractivity contribution in [1.82, 2.24) is 0 Å².